The lowest BCUT2D eigenvalue weighted by Gasteiger charge is -2.17. The van der Waals surface area contributed by atoms with Gasteiger partial charge in [0.15, 0.2) is 0 Å². The van der Waals surface area contributed by atoms with Crippen LogP contribution in [0.1, 0.15) is 18.5 Å². The summed E-state index contributed by atoms with van der Waals surface area (Å²) in [6.07, 6.45) is 0. The van der Waals surface area contributed by atoms with Gasteiger partial charge in [0.05, 0.1) is 12.1 Å². The van der Waals surface area contributed by atoms with Crippen LogP contribution in [-0.4, -0.2) is 23.6 Å². The maximum Gasteiger partial charge on any atom is 0.238 e. The van der Waals surface area contributed by atoms with Crippen LogP contribution in [0.3, 0.4) is 0 Å². The van der Waals surface area contributed by atoms with E-state index in [1.165, 1.54) is 12.1 Å². The molecule has 2 N–H and O–H groups in total. The van der Waals surface area contributed by atoms with Gasteiger partial charge in [0.25, 0.3) is 0 Å². The number of carbonyl (C=O) groups excluding carboxylic acids is 1. The van der Waals surface area contributed by atoms with E-state index in [4.69, 9.17) is 0 Å². The number of thioether (sulfide) groups is 1. The molecule has 3 nitrogen and oxygen atoms in total. The van der Waals surface area contributed by atoms with Crippen LogP contribution in [0, 0.1) is 11.6 Å². The third-order valence-corrected chi connectivity index (χ3v) is 3.76. The van der Waals surface area contributed by atoms with Gasteiger partial charge in [-0.25, -0.2) is 8.78 Å². The molecule has 0 saturated carbocycles. The van der Waals surface area contributed by atoms with E-state index in [0.29, 0.717) is 5.75 Å². The lowest BCUT2D eigenvalue weighted by atomic mass is 10.1. The summed E-state index contributed by atoms with van der Waals surface area (Å²) in [6.45, 7) is 1.68. The van der Waals surface area contributed by atoms with Crippen molar-refractivity contribution >= 4 is 17.7 Å². The Bertz CT molecular complexity index is 450. The van der Waals surface area contributed by atoms with Gasteiger partial charge in [-0.15, -0.1) is 11.8 Å². The van der Waals surface area contributed by atoms with Crippen LogP contribution in [0.5, 0.6) is 0 Å². The molecule has 2 rings (SSSR count). The molecule has 0 radical (unpaired) electrons. The van der Waals surface area contributed by atoms with E-state index in [0.717, 1.165) is 11.9 Å². The molecule has 0 spiro atoms. The number of amides is 1. The zero-order valence-corrected chi connectivity index (χ0v) is 10.7. The SMILES string of the molecule is CC(NC(=O)C1CSCN1)c1ccc(F)cc1F. The molecule has 1 aliphatic heterocycles. The smallest absolute Gasteiger partial charge is 0.238 e. The molecule has 0 aliphatic carbocycles. The molecular weight excluding hydrogens is 258 g/mol. The Hall–Kier alpha value is -1.14. The fourth-order valence-corrected chi connectivity index (χ4v) is 2.75. The summed E-state index contributed by atoms with van der Waals surface area (Å²) >= 11 is 1.64. The van der Waals surface area contributed by atoms with Crippen LogP contribution < -0.4 is 10.6 Å². The van der Waals surface area contributed by atoms with E-state index in [1.807, 2.05) is 0 Å². The predicted molar refractivity (Wildman–Crippen MR) is 67.2 cm³/mol. The van der Waals surface area contributed by atoms with Crippen molar-refractivity contribution in [2.24, 2.45) is 0 Å². The zero-order chi connectivity index (χ0) is 13.1. The highest BCUT2D eigenvalue weighted by Crippen LogP contribution is 2.18. The van der Waals surface area contributed by atoms with Crippen LogP contribution in [0.2, 0.25) is 0 Å². The number of hydrogen-bond donors (Lipinski definition) is 2. The van der Waals surface area contributed by atoms with E-state index < -0.39 is 17.7 Å². The molecular formula is C12H14F2N2OS. The Kier molecular flexibility index (Phi) is 4.19. The number of benzene rings is 1. The summed E-state index contributed by atoms with van der Waals surface area (Å²) in [6, 6.07) is 2.64. The van der Waals surface area contributed by atoms with E-state index in [2.05, 4.69) is 10.6 Å². The Morgan fingerprint density at radius 2 is 2.33 bits per heavy atom. The van der Waals surface area contributed by atoms with Gasteiger partial charge in [0.1, 0.15) is 11.6 Å². The number of nitrogens with one attached hydrogen (secondary N) is 2. The second-order valence-corrected chi connectivity index (χ2v) is 5.20. The molecule has 1 heterocycles. The molecule has 1 aromatic carbocycles. The summed E-state index contributed by atoms with van der Waals surface area (Å²) in [5, 5.41) is 5.76. The first kappa shape index (κ1) is 13.3. The molecule has 2 unspecified atom stereocenters. The maximum atomic E-state index is 13.5. The van der Waals surface area contributed by atoms with Crippen LogP contribution >= 0.6 is 11.8 Å². The summed E-state index contributed by atoms with van der Waals surface area (Å²) in [7, 11) is 0. The third-order valence-electron chi connectivity index (χ3n) is 2.82. The molecule has 18 heavy (non-hydrogen) atoms. The van der Waals surface area contributed by atoms with Crippen molar-refractivity contribution in [3.05, 3.63) is 35.4 Å². The quantitative estimate of drug-likeness (QED) is 0.881. The highest BCUT2D eigenvalue weighted by atomic mass is 32.2. The molecule has 98 valence electrons. The standard InChI is InChI=1S/C12H14F2N2OS/c1-7(9-3-2-8(13)4-10(9)14)16-12(17)11-5-18-6-15-11/h2-4,7,11,15H,5-6H2,1H3,(H,16,17). The summed E-state index contributed by atoms with van der Waals surface area (Å²) < 4.78 is 26.3. The van der Waals surface area contributed by atoms with Gasteiger partial charge in [-0.1, -0.05) is 6.07 Å². The van der Waals surface area contributed by atoms with E-state index in [9.17, 15) is 13.6 Å². The van der Waals surface area contributed by atoms with Crippen molar-refractivity contribution in [3.63, 3.8) is 0 Å². The monoisotopic (exact) mass is 272 g/mol. The first-order valence-corrected chi connectivity index (χ1v) is 6.80. The van der Waals surface area contributed by atoms with Crippen molar-refractivity contribution in [1.82, 2.24) is 10.6 Å². The van der Waals surface area contributed by atoms with Gasteiger partial charge in [-0.2, -0.15) is 0 Å². The molecule has 0 aromatic heterocycles. The molecule has 1 fully saturated rings. The third kappa shape index (κ3) is 3.00. The molecule has 6 heteroatoms. The fourth-order valence-electron chi connectivity index (χ4n) is 1.81. The first-order valence-electron chi connectivity index (χ1n) is 5.64. The second-order valence-electron chi connectivity index (χ2n) is 4.17. The maximum absolute atomic E-state index is 13.5. The molecule has 2 atom stereocenters. The predicted octanol–water partition coefficient (Wildman–Crippen LogP) is 1.80. The Morgan fingerprint density at radius 1 is 1.56 bits per heavy atom. The van der Waals surface area contributed by atoms with E-state index >= 15 is 0 Å². The van der Waals surface area contributed by atoms with Crippen molar-refractivity contribution in [3.8, 4) is 0 Å². The summed E-state index contributed by atoms with van der Waals surface area (Å²) in [5.74, 6) is 0.0402. The highest BCUT2D eigenvalue weighted by Gasteiger charge is 2.24. The van der Waals surface area contributed by atoms with Crippen LogP contribution in [0.15, 0.2) is 18.2 Å². The van der Waals surface area contributed by atoms with Gasteiger partial charge in [0, 0.05) is 23.3 Å². The Morgan fingerprint density at radius 3 is 2.94 bits per heavy atom. The highest BCUT2D eigenvalue weighted by molar-refractivity contribution is 7.99. The van der Waals surface area contributed by atoms with Crippen molar-refractivity contribution in [2.75, 3.05) is 11.6 Å². The van der Waals surface area contributed by atoms with Gasteiger partial charge >= 0.3 is 0 Å². The first-order chi connectivity index (χ1) is 8.58. The van der Waals surface area contributed by atoms with Gasteiger partial charge < -0.3 is 5.32 Å². The average molecular weight is 272 g/mol. The van der Waals surface area contributed by atoms with Gasteiger partial charge in [-0.3, -0.25) is 10.1 Å². The van der Waals surface area contributed by atoms with Crippen LogP contribution in [0.4, 0.5) is 8.78 Å². The minimum absolute atomic E-state index is 0.156. The molecule has 1 saturated heterocycles. The number of hydrogen-bond acceptors (Lipinski definition) is 3. The normalized spacial score (nSPS) is 20.7. The lowest BCUT2D eigenvalue weighted by molar-refractivity contribution is -0.123. The van der Waals surface area contributed by atoms with Crippen molar-refractivity contribution in [2.45, 2.75) is 19.0 Å². The number of carbonyl (C=O) groups is 1. The molecule has 0 bridgehead atoms. The summed E-state index contributed by atoms with van der Waals surface area (Å²) in [4.78, 5) is 11.8. The molecule has 1 aromatic rings. The Labute approximate surface area is 108 Å². The van der Waals surface area contributed by atoms with Crippen molar-refractivity contribution < 1.29 is 13.6 Å². The fraction of sp³-hybridized carbons (Fsp3) is 0.417. The largest absolute Gasteiger partial charge is 0.348 e. The lowest BCUT2D eigenvalue weighted by Crippen LogP contribution is -2.43. The van der Waals surface area contributed by atoms with Gasteiger partial charge in [-0.05, 0) is 13.0 Å². The zero-order valence-electron chi connectivity index (χ0n) is 9.87. The van der Waals surface area contributed by atoms with Crippen LogP contribution in [-0.2, 0) is 4.79 Å². The van der Waals surface area contributed by atoms with Gasteiger partial charge in [0.2, 0.25) is 5.91 Å². The van der Waals surface area contributed by atoms with Crippen molar-refractivity contribution in [1.29, 1.82) is 0 Å². The average Bonchev–Trinajstić information content (AvgIpc) is 2.81. The van der Waals surface area contributed by atoms with E-state index in [-0.39, 0.29) is 17.5 Å². The second kappa shape index (κ2) is 5.67. The van der Waals surface area contributed by atoms with Crippen LogP contribution in [0.25, 0.3) is 0 Å². The van der Waals surface area contributed by atoms with E-state index in [1.54, 1.807) is 18.7 Å². The minimum atomic E-state index is -0.642. The molecule has 1 aliphatic rings. The summed E-state index contributed by atoms with van der Waals surface area (Å²) in [5.41, 5.74) is 0.287. The number of rotatable bonds is 3. The topological polar surface area (TPSA) is 41.1 Å². The minimum Gasteiger partial charge on any atom is -0.348 e. The Balaban J connectivity index is 2.02. The molecule has 1 amide bonds. The number of halogens is 2.